The highest BCUT2D eigenvalue weighted by Crippen LogP contribution is 2.50. The van der Waals surface area contributed by atoms with Gasteiger partial charge in [0.05, 0.1) is 0 Å². The number of halogens is 2. The van der Waals surface area contributed by atoms with Crippen LogP contribution in [0.3, 0.4) is 0 Å². The summed E-state index contributed by atoms with van der Waals surface area (Å²) in [6, 6.07) is 0. The number of rotatable bonds is 1. The molecule has 2 N–H and O–H groups in total. The Hall–Kier alpha value is -0.180. The lowest BCUT2D eigenvalue weighted by Crippen LogP contribution is -2.48. The van der Waals surface area contributed by atoms with Crippen LogP contribution in [0.4, 0.5) is 8.78 Å². The van der Waals surface area contributed by atoms with E-state index in [-0.39, 0.29) is 18.3 Å². The Kier molecular flexibility index (Phi) is 1.28. The molecule has 1 aliphatic carbocycles. The molecule has 1 aliphatic rings. The third-order valence-electron chi connectivity index (χ3n) is 1.86. The lowest BCUT2D eigenvalue weighted by Gasteiger charge is -2.43. The highest BCUT2D eigenvalue weighted by atomic mass is 19.3. The maximum atomic E-state index is 12.2. The van der Waals surface area contributed by atoms with Crippen LogP contribution in [-0.2, 0) is 0 Å². The molecule has 0 saturated heterocycles. The van der Waals surface area contributed by atoms with Crippen LogP contribution in [0.2, 0.25) is 0 Å². The highest BCUT2D eigenvalue weighted by Gasteiger charge is 2.52. The van der Waals surface area contributed by atoms with Gasteiger partial charge in [-0.3, -0.25) is 0 Å². The molecule has 1 nitrogen and oxygen atoms in total. The van der Waals surface area contributed by atoms with Crippen molar-refractivity contribution in [2.75, 3.05) is 6.54 Å². The van der Waals surface area contributed by atoms with Crippen LogP contribution >= 0.6 is 0 Å². The maximum absolute atomic E-state index is 12.2. The van der Waals surface area contributed by atoms with E-state index in [1.54, 1.807) is 6.92 Å². The Balaban J connectivity index is 2.41. The summed E-state index contributed by atoms with van der Waals surface area (Å²) in [4.78, 5) is 0. The second-order valence-electron chi connectivity index (χ2n) is 3.22. The van der Waals surface area contributed by atoms with E-state index < -0.39 is 5.92 Å². The summed E-state index contributed by atoms with van der Waals surface area (Å²) in [6.45, 7) is 2.17. The molecular formula is C6H11F2N. The number of nitrogens with two attached hydrogens (primary N) is 1. The molecule has 9 heavy (non-hydrogen) atoms. The van der Waals surface area contributed by atoms with Gasteiger partial charge in [0.25, 0.3) is 0 Å². The summed E-state index contributed by atoms with van der Waals surface area (Å²) in [7, 11) is 0. The molecule has 0 aliphatic heterocycles. The van der Waals surface area contributed by atoms with E-state index in [9.17, 15) is 8.78 Å². The molecule has 1 saturated carbocycles. The van der Waals surface area contributed by atoms with Crippen molar-refractivity contribution in [1.82, 2.24) is 0 Å². The standard InChI is InChI=1S/C6H11F2N/c1-5(4-9)2-6(7,8)3-5/h2-4,9H2,1H3. The first kappa shape index (κ1) is 6.93. The minimum atomic E-state index is -2.42. The lowest BCUT2D eigenvalue weighted by atomic mass is 9.68. The molecule has 0 unspecified atom stereocenters. The SMILES string of the molecule is CC1(CN)CC(F)(F)C1. The Morgan fingerprint density at radius 2 is 1.89 bits per heavy atom. The van der Waals surface area contributed by atoms with Gasteiger partial charge in [-0.15, -0.1) is 0 Å². The van der Waals surface area contributed by atoms with Crippen molar-refractivity contribution in [1.29, 1.82) is 0 Å². The summed E-state index contributed by atoms with van der Waals surface area (Å²) < 4.78 is 24.3. The van der Waals surface area contributed by atoms with Crippen LogP contribution in [-0.4, -0.2) is 12.5 Å². The molecular weight excluding hydrogens is 124 g/mol. The van der Waals surface area contributed by atoms with E-state index in [1.165, 1.54) is 0 Å². The number of hydrogen-bond acceptors (Lipinski definition) is 1. The molecule has 54 valence electrons. The first-order valence-electron chi connectivity index (χ1n) is 3.05. The molecule has 0 amide bonds. The van der Waals surface area contributed by atoms with Crippen molar-refractivity contribution in [2.45, 2.75) is 25.7 Å². The topological polar surface area (TPSA) is 26.0 Å². The summed E-state index contributed by atoms with van der Waals surface area (Å²) in [5, 5.41) is 0. The van der Waals surface area contributed by atoms with Crippen LogP contribution in [0.15, 0.2) is 0 Å². The van der Waals surface area contributed by atoms with Gasteiger partial charge in [-0.1, -0.05) is 6.92 Å². The Morgan fingerprint density at radius 1 is 1.44 bits per heavy atom. The highest BCUT2D eigenvalue weighted by molar-refractivity contribution is 4.96. The van der Waals surface area contributed by atoms with E-state index in [4.69, 9.17) is 5.73 Å². The van der Waals surface area contributed by atoms with Crippen LogP contribution < -0.4 is 5.73 Å². The van der Waals surface area contributed by atoms with Gasteiger partial charge in [-0.05, 0) is 12.0 Å². The van der Waals surface area contributed by atoms with Crippen molar-refractivity contribution < 1.29 is 8.78 Å². The largest absolute Gasteiger partial charge is 0.330 e. The van der Waals surface area contributed by atoms with E-state index in [0.29, 0.717) is 6.54 Å². The van der Waals surface area contributed by atoms with Crippen LogP contribution in [0.1, 0.15) is 19.8 Å². The number of alkyl halides is 2. The van der Waals surface area contributed by atoms with Gasteiger partial charge in [0, 0.05) is 12.8 Å². The van der Waals surface area contributed by atoms with Crippen LogP contribution in [0.25, 0.3) is 0 Å². The van der Waals surface area contributed by atoms with Crippen LogP contribution in [0, 0.1) is 5.41 Å². The lowest BCUT2D eigenvalue weighted by molar-refractivity contribution is -0.149. The Labute approximate surface area is 53.2 Å². The quantitative estimate of drug-likeness (QED) is 0.577. The molecule has 0 atom stereocenters. The first-order chi connectivity index (χ1) is 3.97. The van der Waals surface area contributed by atoms with E-state index >= 15 is 0 Å². The molecule has 0 radical (unpaired) electrons. The maximum Gasteiger partial charge on any atom is 0.249 e. The van der Waals surface area contributed by atoms with Gasteiger partial charge in [-0.2, -0.15) is 0 Å². The summed E-state index contributed by atoms with van der Waals surface area (Å²) in [5.74, 6) is -2.42. The third-order valence-corrected chi connectivity index (χ3v) is 1.86. The fourth-order valence-electron chi connectivity index (χ4n) is 1.34. The molecule has 0 spiro atoms. The van der Waals surface area contributed by atoms with Gasteiger partial charge in [0.15, 0.2) is 0 Å². The second-order valence-corrected chi connectivity index (χ2v) is 3.22. The molecule has 3 heteroatoms. The average Bonchev–Trinajstić information content (AvgIpc) is 1.61. The molecule has 0 aromatic rings. The minimum absolute atomic E-state index is 0.0312. The predicted molar refractivity (Wildman–Crippen MR) is 31.3 cm³/mol. The Morgan fingerprint density at radius 3 is 2.00 bits per heavy atom. The van der Waals surface area contributed by atoms with E-state index in [1.807, 2.05) is 0 Å². The fraction of sp³-hybridized carbons (Fsp3) is 1.00. The van der Waals surface area contributed by atoms with Gasteiger partial charge < -0.3 is 5.73 Å². The zero-order valence-electron chi connectivity index (χ0n) is 5.45. The second kappa shape index (κ2) is 1.66. The zero-order chi connectivity index (χ0) is 7.12. The molecule has 0 aromatic heterocycles. The van der Waals surface area contributed by atoms with E-state index in [0.717, 1.165) is 0 Å². The predicted octanol–water partition coefficient (Wildman–Crippen LogP) is 1.38. The van der Waals surface area contributed by atoms with Crippen molar-refractivity contribution in [2.24, 2.45) is 11.1 Å². The summed E-state index contributed by atoms with van der Waals surface area (Å²) in [5.41, 5.74) is 4.98. The van der Waals surface area contributed by atoms with Gasteiger partial charge in [-0.25, -0.2) is 8.78 Å². The summed E-state index contributed by atoms with van der Waals surface area (Å²) in [6.07, 6.45) is -0.0625. The van der Waals surface area contributed by atoms with Gasteiger partial charge in [0.2, 0.25) is 5.92 Å². The Bertz CT molecular complexity index is 114. The van der Waals surface area contributed by atoms with Gasteiger partial charge in [0.1, 0.15) is 0 Å². The minimum Gasteiger partial charge on any atom is -0.330 e. The van der Waals surface area contributed by atoms with E-state index in [2.05, 4.69) is 0 Å². The molecule has 1 fully saturated rings. The van der Waals surface area contributed by atoms with Crippen molar-refractivity contribution in [3.63, 3.8) is 0 Å². The molecule has 1 rings (SSSR count). The van der Waals surface area contributed by atoms with Gasteiger partial charge >= 0.3 is 0 Å². The monoisotopic (exact) mass is 135 g/mol. The molecule has 0 aromatic carbocycles. The summed E-state index contributed by atoms with van der Waals surface area (Å²) >= 11 is 0. The van der Waals surface area contributed by atoms with Crippen molar-refractivity contribution in [3.05, 3.63) is 0 Å². The normalized spacial score (nSPS) is 29.3. The molecule has 0 heterocycles. The van der Waals surface area contributed by atoms with Crippen molar-refractivity contribution in [3.8, 4) is 0 Å². The zero-order valence-corrected chi connectivity index (χ0v) is 5.45. The van der Waals surface area contributed by atoms with Crippen LogP contribution in [0.5, 0.6) is 0 Å². The van der Waals surface area contributed by atoms with Crippen molar-refractivity contribution >= 4 is 0 Å². The average molecular weight is 135 g/mol. The molecule has 0 bridgehead atoms. The number of hydrogen-bond donors (Lipinski definition) is 1. The fourth-order valence-corrected chi connectivity index (χ4v) is 1.34. The smallest absolute Gasteiger partial charge is 0.249 e. The third kappa shape index (κ3) is 1.21. The first-order valence-corrected chi connectivity index (χ1v) is 3.05.